The van der Waals surface area contributed by atoms with Crippen molar-refractivity contribution < 1.29 is 14.6 Å². The minimum absolute atomic E-state index is 0.0187. The number of aliphatic hydroxyl groups is 1. The third kappa shape index (κ3) is 2.15. The SMILES string of the molecule is CCC1(OCCCO)COC1. The topological polar surface area (TPSA) is 38.7 Å². The van der Waals surface area contributed by atoms with E-state index in [4.69, 9.17) is 14.6 Å². The van der Waals surface area contributed by atoms with Crippen LogP contribution in [-0.4, -0.2) is 37.1 Å². The molecule has 11 heavy (non-hydrogen) atoms. The van der Waals surface area contributed by atoms with Gasteiger partial charge in [0.15, 0.2) is 0 Å². The van der Waals surface area contributed by atoms with E-state index in [0.29, 0.717) is 6.61 Å². The molecule has 0 amide bonds. The fourth-order valence-electron chi connectivity index (χ4n) is 1.07. The molecule has 3 heteroatoms. The summed E-state index contributed by atoms with van der Waals surface area (Å²) in [5.74, 6) is 0. The Labute approximate surface area is 67.3 Å². The van der Waals surface area contributed by atoms with Gasteiger partial charge in [0, 0.05) is 13.2 Å². The smallest absolute Gasteiger partial charge is 0.114 e. The molecule has 3 nitrogen and oxygen atoms in total. The number of rotatable bonds is 5. The van der Waals surface area contributed by atoms with Crippen LogP contribution in [0.15, 0.2) is 0 Å². The van der Waals surface area contributed by atoms with Gasteiger partial charge in [-0.25, -0.2) is 0 Å². The third-order valence-electron chi connectivity index (χ3n) is 2.09. The lowest BCUT2D eigenvalue weighted by molar-refractivity contribution is -0.211. The Morgan fingerprint density at radius 3 is 2.64 bits per heavy atom. The lowest BCUT2D eigenvalue weighted by Gasteiger charge is -2.40. The molecule has 66 valence electrons. The van der Waals surface area contributed by atoms with Gasteiger partial charge in [-0.1, -0.05) is 6.92 Å². The number of ether oxygens (including phenoxy) is 2. The van der Waals surface area contributed by atoms with Crippen molar-refractivity contribution >= 4 is 0 Å². The van der Waals surface area contributed by atoms with Crippen LogP contribution in [0, 0.1) is 0 Å². The molecular formula is C8H16O3. The molecule has 0 unspecified atom stereocenters. The molecular weight excluding hydrogens is 144 g/mol. The summed E-state index contributed by atoms with van der Waals surface area (Å²) >= 11 is 0. The van der Waals surface area contributed by atoms with Gasteiger partial charge >= 0.3 is 0 Å². The molecule has 0 aromatic heterocycles. The summed E-state index contributed by atoms with van der Waals surface area (Å²) in [7, 11) is 0. The van der Waals surface area contributed by atoms with Crippen molar-refractivity contribution in [3.05, 3.63) is 0 Å². The van der Waals surface area contributed by atoms with Crippen LogP contribution in [0.25, 0.3) is 0 Å². The predicted octanol–water partition coefficient (Wildman–Crippen LogP) is 0.564. The summed E-state index contributed by atoms with van der Waals surface area (Å²) in [6.45, 7) is 4.39. The molecule has 1 fully saturated rings. The zero-order valence-electron chi connectivity index (χ0n) is 7.01. The average molecular weight is 160 g/mol. The van der Waals surface area contributed by atoms with Gasteiger partial charge in [0.2, 0.25) is 0 Å². The van der Waals surface area contributed by atoms with Crippen molar-refractivity contribution in [1.82, 2.24) is 0 Å². The summed E-state index contributed by atoms with van der Waals surface area (Å²) < 4.78 is 10.6. The van der Waals surface area contributed by atoms with Gasteiger partial charge < -0.3 is 14.6 Å². The van der Waals surface area contributed by atoms with Crippen molar-refractivity contribution in [1.29, 1.82) is 0 Å². The number of hydrogen-bond acceptors (Lipinski definition) is 3. The first-order valence-corrected chi connectivity index (χ1v) is 4.15. The molecule has 0 aromatic rings. The molecule has 1 heterocycles. The number of hydrogen-bond donors (Lipinski definition) is 1. The molecule has 0 spiro atoms. The van der Waals surface area contributed by atoms with Gasteiger partial charge in [0.05, 0.1) is 13.2 Å². The van der Waals surface area contributed by atoms with Crippen LogP contribution in [0.1, 0.15) is 19.8 Å². The van der Waals surface area contributed by atoms with Crippen molar-refractivity contribution in [3.8, 4) is 0 Å². The van der Waals surface area contributed by atoms with Crippen molar-refractivity contribution in [3.63, 3.8) is 0 Å². The van der Waals surface area contributed by atoms with Crippen LogP contribution < -0.4 is 0 Å². The quantitative estimate of drug-likeness (QED) is 0.597. The Balaban J connectivity index is 2.11. The van der Waals surface area contributed by atoms with E-state index >= 15 is 0 Å². The molecule has 1 N–H and O–H groups in total. The first-order valence-electron chi connectivity index (χ1n) is 4.15. The molecule has 0 aliphatic carbocycles. The van der Waals surface area contributed by atoms with Crippen molar-refractivity contribution in [2.24, 2.45) is 0 Å². The molecule has 0 bridgehead atoms. The van der Waals surface area contributed by atoms with Gasteiger partial charge in [-0.05, 0) is 12.8 Å². The molecule has 1 saturated heterocycles. The van der Waals surface area contributed by atoms with E-state index in [1.54, 1.807) is 0 Å². The van der Waals surface area contributed by atoms with Crippen LogP contribution in [0.4, 0.5) is 0 Å². The van der Waals surface area contributed by atoms with Gasteiger partial charge in [-0.2, -0.15) is 0 Å². The highest BCUT2D eigenvalue weighted by Crippen LogP contribution is 2.25. The normalized spacial score (nSPS) is 21.3. The van der Waals surface area contributed by atoms with Crippen LogP contribution in [0.3, 0.4) is 0 Å². The average Bonchev–Trinajstić information content (AvgIpc) is 1.95. The Kier molecular flexibility index (Phi) is 3.30. The third-order valence-corrected chi connectivity index (χ3v) is 2.09. The van der Waals surface area contributed by atoms with Crippen LogP contribution >= 0.6 is 0 Å². The monoisotopic (exact) mass is 160 g/mol. The van der Waals surface area contributed by atoms with Gasteiger partial charge in [0.25, 0.3) is 0 Å². The van der Waals surface area contributed by atoms with E-state index in [-0.39, 0.29) is 12.2 Å². The van der Waals surface area contributed by atoms with Crippen LogP contribution in [0.5, 0.6) is 0 Å². The van der Waals surface area contributed by atoms with Gasteiger partial charge in [-0.3, -0.25) is 0 Å². The van der Waals surface area contributed by atoms with E-state index in [1.807, 2.05) is 0 Å². The standard InChI is InChI=1S/C8H16O3/c1-2-8(6-10-7-8)11-5-3-4-9/h9H,2-7H2,1H3. The minimum atomic E-state index is -0.0187. The number of aliphatic hydroxyl groups excluding tert-OH is 1. The fourth-order valence-corrected chi connectivity index (χ4v) is 1.07. The van der Waals surface area contributed by atoms with Crippen molar-refractivity contribution in [2.45, 2.75) is 25.4 Å². The Hall–Kier alpha value is -0.120. The molecule has 1 aliphatic heterocycles. The zero-order chi connectivity index (χ0) is 8.16. The molecule has 1 rings (SSSR count). The summed E-state index contributed by atoms with van der Waals surface area (Å²) in [6, 6.07) is 0. The zero-order valence-corrected chi connectivity index (χ0v) is 7.01. The Morgan fingerprint density at radius 2 is 2.27 bits per heavy atom. The molecule has 0 saturated carbocycles. The first-order chi connectivity index (χ1) is 5.33. The van der Waals surface area contributed by atoms with E-state index < -0.39 is 0 Å². The largest absolute Gasteiger partial charge is 0.396 e. The van der Waals surface area contributed by atoms with Crippen LogP contribution in [-0.2, 0) is 9.47 Å². The maximum Gasteiger partial charge on any atom is 0.114 e. The lowest BCUT2D eigenvalue weighted by atomic mass is 9.99. The van der Waals surface area contributed by atoms with E-state index in [2.05, 4.69) is 6.92 Å². The van der Waals surface area contributed by atoms with E-state index in [0.717, 1.165) is 26.1 Å². The maximum atomic E-state index is 8.52. The molecule has 0 atom stereocenters. The molecule has 0 radical (unpaired) electrons. The second-order valence-electron chi connectivity index (χ2n) is 2.95. The second kappa shape index (κ2) is 4.04. The summed E-state index contributed by atoms with van der Waals surface area (Å²) in [5.41, 5.74) is -0.0187. The highest BCUT2D eigenvalue weighted by molar-refractivity contribution is 4.85. The maximum absolute atomic E-state index is 8.52. The summed E-state index contributed by atoms with van der Waals surface area (Å²) in [4.78, 5) is 0. The van der Waals surface area contributed by atoms with Crippen molar-refractivity contribution in [2.75, 3.05) is 26.4 Å². The lowest BCUT2D eigenvalue weighted by Crippen LogP contribution is -2.51. The fraction of sp³-hybridized carbons (Fsp3) is 1.00. The minimum Gasteiger partial charge on any atom is -0.396 e. The van der Waals surface area contributed by atoms with E-state index in [1.165, 1.54) is 0 Å². The summed E-state index contributed by atoms with van der Waals surface area (Å²) in [6.07, 6.45) is 1.72. The van der Waals surface area contributed by atoms with E-state index in [9.17, 15) is 0 Å². The predicted molar refractivity (Wildman–Crippen MR) is 41.5 cm³/mol. The first kappa shape index (κ1) is 8.97. The highest BCUT2D eigenvalue weighted by Gasteiger charge is 2.37. The summed E-state index contributed by atoms with van der Waals surface area (Å²) in [5, 5.41) is 8.52. The highest BCUT2D eigenvalue weighted by atomic mass is 16.6. The van der Waals surface area contributed by atoms with Crippen LogP contribution in [0.2, 0.25) is 0 Å². The Morgan fingerprint density at radius 1 is 1.55 bits per heavy atom. The molecule has 1 aliphatic rings. The van der Waals surface area contributed by atoms with Gasteiger partial charge in [0.1, 0.15) is 5.60 Å². The van der Waals surface area contributed by atoms with Gasteiger partial charge in [-0.15, -0.1) is 0 Å². The second-order valence-corrected chi connectivity index (χ2v) is 2.95. The molecule has 0 aromatic carbocycles. The Bertz CT molecular complexity index is 104.